The normalized spacial score (nSPS) is 17.6. The van der Waals surface area contributed by atoms with E-state index in [2.05, 4.69) is 20.8 Å². The van der Waals surface area contributed by atoms with Crippen molar-refractivity contribution in [1.82, 2.24) is 4.90 Å². The van der Waals surface area contributed by atoms with E-state index in [0.717, 1.165) is 11.1 Å². The maximum Gasteiger partial charge on any atom is 0.296 e. The summed E-state index contributed by atoms with van der Waals surface area (Å²) in [6.45, 7) is 6.28. The third-order valence-electron chi connectivity index (χ3n) is 6.16. The number of hydrogen-bond donors (Lipinski definition) is 1. The average molecular weight is 476 g/mol. The average Bonchev–Trinajstić information content (AvgIpc) is 3.45. The Kier molecular flexibility index (Phi) is 6.43. The van der Waals surface area contributed by atoms with Crippen molar-refractivity contribution in [1.29, 1.82) is 0 Å². The predicted molar refractivity (Wildman–Crippen MR) is 131 cm³/mol. The number of benzene rings is 2. The molecule has 2 heterocycles. The maximum absolute atomic E-state index is 13.3. The van der Waals surface area contributed by atoms with Gasteiger partial charge in [-0.05, 0) is 52.9 Å². The molecule has 1 amide bonds. The summed E-state index contributed by atoms with van der Waals surface area (Å²) >= 11 is 0. The van der Waals surface area contributed by atoms with Crippen molar-refractivity contribution < 1.29 is 28.6 Å². The molecule has 1 atom stereocenters. The Morgan fingerprint density at radius 1 is 1.03 bits per heavy atom. The predicted octanol–water partition coefficient (Wildman–Crippen LogP) is 5.22. The van der Waals surface area contributed by atoms with Crippen molar-refractivity contribution in [2.75, 3.05) is 14.2 Å². The highest BCUT2D eigenvalue weighted by atomic mass is 16.5. The number of likely N-dealkylation sites (tertiary alicyclic amines) is 1. The number of carbonyl (C=O) groups is 2. The van der Waals surface area contributed by atoms with Crippen molar-refractivity contribution in [3.8, 4) is 11.5 Å². The van der Waals surface area contributed by atoms with E-state index in [1.807, 2.05) is 18.2 Å². The molecule has 1 fully saturated rings. The van der Waals surface area contributed by atoms with Crippen LogP contribution >= 0.6 is 0 Å². The van der Waals surface area contributed by atoms with Gasteiger partial charge in [0.25, 0.3) is 11.7 Å². The van der Waals surface area contributed by atoms with E-state index in [9.17, 15) is 14.7 Å². The molecule has 3 aromatic rings. The van der Waals surface area contributed by atoms with Crippen molar-refractivity contribution >= 4 is 17.4 Å². The van der Waals surface area contributed by atoms with E-state index < -0.39 is 17.7 Å². The fraction of sp³-hybridized carbons (Fsp3) is 0.286. The molecule has 0 saturated carbocycles. The van der Waals surface area contributed by atoms with Crippen LogP contribution in [0.3, 0.4) is 0 Å². The van der Waals surface area contributed by atoms with Crippen molar-refractivity contribution in [3.05, 3.63) is 88.9 Å². The van der Waals surface area contributed by atoms with Gasteiger partial charge in [0.2, 0.25) is 0 Å². The zero-order valence-corrected chi connectivity index (χ0v) is 20.5. The van der Waals surface area contributed by atoms with Crippen molar-refractivity contribution in [2.24, 2.45) is 0 Å². The fourth-order valence-corrected chi connectivity index (χ4v) is 4.26. The molecule has 0 aliphatic carbocycles. The van der Waals surface area contributed by atoms with E-state index in [1.54, 1.807) is 43.5 Å². The Labute approximate surface area is 204 Å². The number of rotatable bonds is 6. The largest absolute Gasteiger partial charge is 0.507 e. The number of methoxy groups -OCH3 is 2. The lowest BCUT2D eigenvalue weighted by atomic mass is 9.85. The van der Waals surface area contributed by atoms with Gasteiger partial charge < -0.3 is 23.9 Å². The van der Waals surface area contributed by atoms with Gasteiger partial charge in [-0.2, -0.15) is 0 Å². The molecule has 0 spiro atoms. The third kappa shape index (κ3) is 4.54. The highest BCUT2D eigenvalue weighted by Crippen LogP contribution is 2.42. The van der Waals surface area contributed by atoms with Crippen LogP contribution in [0.15, 0.2) is 70.9 Å². The van der Waals surface area contributed by atoms with Gasteiger partial charge in [0, 0.05) is 6.54 Å². The summed E-state index contributed by atoms with van der Waals surface area (Å²) in [6, 6.07) is 15.2. The summed E-state index contributed by atoms with van der Waals surface area (Å²) in [5.41, 5.74) is 1.81. The number of hydrogen-bond acceptors (Lipinski definition) is 6. The Bertz CT molecular complexity index is 1280. The molecule has 0 bridgehead atoms. The summed E-state index contributed by atoms with van der Waals surface area (Å²) in [5.74, 6) is -0.401. The molecule has 182 valence electrons. The summed E-state index contributed by atoms with van der Waals surface area (Å²) in [7, 11) is 3.06. The van der Waals surface area contributed by atoms with Gasteiger partial charge in [0.1, 0.15) is 29.1 Å². The first-order chi connectivity index (χ1) is 16.7. The number of furan rings is 1. The topological polar surface area (TPSA) is 89.2 Å². The van der Waals surface area contributed by atoms with Gasteiger partial charge in [-0.25, -0.2) is 0 Å². The molecular formula is C28H29NO6. The number of carbonyl (C=O) groups excluding carboxylic acids is 2. The van der Waals surface area contributed by atoms with E-state index in [0.29, 0.717) is 22.8 Å². The summed E-state index contributed by atoms with van der Waals surface area (Å²) in [4.78, 5) is 27.9. The molecular weight excluding hydrogens is 446 g/mol. The molecule has 4 rings (SSSR count). The van der Waals surface area contributed by atoms with Crippen LogP contribution in [0, 0.1) is 0 Å². The second-order valence-electron chi connectivity index (χ2n) is 9.46. The third-order valence-corrected chi connectivity index (χ3v) is 6.16. The van der Waals surface area contributed by atoms with Gasteiger partial charge in [-0.3, -0.25) is 9.59 Å². The monoisotopic (exact) mass is 475 g/mol. The van der Waals surface area contributed by atoms with Crippen LogP contribution in [0.2, 0.25) is 0 Å². The van der Waals surface area contributed by atoms with Crippen LogP contribution in [-0.4, -0.2) is 35.9 Å². The van der Waals surface area contributed by atoms with Crippen LogP contribution in [0.1, 0.15) is 49.3 Å². The van der Waals surface area contributed by atoms with Crippen LogP contribution in [0.25, 0.3) is 5.76 Å². The molecule has 7 heteroatoms. The van der Waals surface area contributed by atoms with E-state index in [1.165, 1.54) is 18.3 Å². The number of Topliss-reactive ketones (excluding diaryl/α,β-unsaturated/α-hetero) is 1. The van der Waals surface area contributed by atoms with E-state index >= 15 is 0 Å². The minimum absolute atomic E-state index is 0.0443. The Hall–Kier alpha value is -4.00. The number of ether oxygens (including phenoxy) is 2. The van der Waals surface area contributed by atoms with Crippen LogP contribution in [0.4, 0.5) is 0 Å². The minimum Gasteiger partial charge on any atom is -0.507 e. The number of aliphatic hydroxyl groups excluding tert-OH is 1. The lowest BCUT2D eigenvalue weighted by Gasteiger charge is -2.24. The van der Waals surface area contributed by atoms with Gasteiger partial charge in [0.15, 0.2) is 0 Å². The molecule has 1 aliphatic rings. The Morgan fingerprint density at radius 2 is 1.80 bits per heavy atom. The molecule has 7 nitrogen and oxygen atoms in total. The van der Waals surface area contributed by atoms with Crippen molar-refractivity contribution in [3.63, 3.8) is 0 Å². The zero-order valence-electron chi connectivity index (χ0n) is 20.5. The highest BCUT2D eigenvalue weighted by molar-refractivity contribution is 6.46. The van der Waals surface area contributed by atoms with Crippen LogP contribution in [0.5, 0.6) is 11.5 Å². The van der Waals surface area contributed by atoms with E-state index in [4.69, 9.17) is 13.9 Å². The first-order valence-corrected chi connectivity index (χ1v) is 11.3. The zero-order chi connectivity index (χ0) is 25.3. The molecule has 1 aromatic heterocycles. The second kappa shape index (κ2) is 9.33. The molecule has 35 heavy (non-hydrogen) atoms. The Morgan fingerprint density at radius 3 is 2.43 bits per heavy atom. The quantitative estimate of drug-likeness (QED) is 0.299. The SMILES string of the molecule is COc1cccc(CN2C(=O)C(=O)/C(=C(/O)c3cc(C(C)(C)C)ccc3OC)C2c2ccco2)c1. The molecule has 0 radical (unpaired) electrons. The van der Waals surface area contributed by atoms with Crippen LogP contribution in [-0.2, 0) is 21.5 Å². The van der Waals surface area contributed by atoms with Gasteiger partial charge in [0.05, 0.1) is 31.6 Å². The van der Waals surface area contributed by atoms with E-state index in [-0.39, 0.29) is 23.3 Å². The van der Waals surface area contributed by atoms with Crippen molar-refractivity contribution in [2.45, 2.75) is 38.8 Å². The standard InChI is InChI=1S/C28H29NO6/c1-28(2,3)18-11-12-21(34-5)20(15-18)25(30)23-24(22-10-7-13-35-22)29(27(32)26(23)31)16-17-8-6-9-19(14-17)33-4/h6-15,24,30H,16H2,1-5H3/b25-23+. The first kappa shape index (κ1) is 24.1. The van der Waals surface area contributed by atoms with Gasteiger partial charge in [-0.15, -0.1) is 0 Å². The maximum atomic E-state index is 13.3. The van der Waals surface area contributed by atoms with Gasteiger partial charge >= 0.3 is 0 Å². The van der Waals surface area contributed by atoms with Gasteiger partial charge in [-0.1, -0.05) is 39.0 Å². The smallest absolute Gasteiger partial charge is 0.296 e. The molecule has 1 unspecified atom stereocenters. The lowest BCUT2D eigenvalue weighted by molar-refractivity contribution is -0.140. The lowest BCUT2D eigenvalue weighted by Crippen LogP contribution is -2.29. The highest BCUT2D eigenvalue weighted by Gasteiger charge is 2.47. The first-order valence-electron chi connectivity index (χ1n) is 11.3. The Balaban J connectivity index is 1.88. The number of nitrogens with zero attached hydrogens (tertiary/aromatic N) is 1. The summed E-state index contributed by atoms with van der Waals surface area (Å²) in [6.07, 6.45) is 1.47. The molecule has 1 N–H and O–H groups in total. The molecule has 2 aromatic carbocycles. The van der Waals surface area contributed by atoms with Crippen LogP contribution < -0.4 is 9.47 Å². The summed E-state index contributed by atoms with van der Waals surface area (Å²) in [5, 5.41) is 11.5. The fourth-order valence-electron chi connectivity index (χ4n) is 4.26. The minimum atomic E-state index is -0.904. The number of amides is 1. The second-order valence-corrected chi connectivity index (χ2v) is 9.46. The number of aliphatic hydroxyl groups is 1. The molecule has 1 aliphatic heterocycles. The molecule has 1 saturated heterocycles. The number of ketones is 1. The summed E-state index contributed by atoms with van der Waals surface area (Å²) < 4.78 is 16.4.